The molecule has 0 bridgehead atoms. The lowest BCUT2D eigenvalue weighted by atomic mass is 10.2. The van der Waals surface area contributed by atoms with Crippen molar-refractivity contribution in [1.82, 2.24) is 5.32 Å². The van der Waals surface area contributed by atoms with Crippen molar-refractivity contribution in [1.29, 1.82) is 0 Å². The van der Waals surface area contributed by atoms with E-state index in [0.29, 0.717) is 12.3 Å². The minimum absolute atomic E-state index is 0.0371. The van der Waals surface area contributed by atoms with Gasteiger partial charge in [-0.2, -0.15) is 0 Å². The average molecular weight is 247 g/mol. The van der Waals surface area contributed by atoms with Crippen molar-refractivity contribution in [2.75, 3.05) is 18.8 Å². The third-order valence-corrected chi connectivity index (χ3v) is 5.59. The number of hydrogen-bond acceptors (Lipinski definition) is 3. The fraction of sp³-hybridized carbons (Fsp3) is 1.00. The van der Waals surface area contributed by atoms with Crippen LogP contribution in [0.5, 0.6) is 0 Å². The van der Waals surface area contributed by atoms with Crippen LogP contribution >= 0.6 is 0 Å². The summed E-state index contributed by atoms with van der Waals surface area (Å²) in [5, 5.41) is 3.18. The smallest absolute Gasteiger partial charge is 0.154 e. The van der Waals surface area contributed by atoms with Gasteiger partial charge in [-0.1, -0.05) is 32.6 Å². The molecular formula is C12H25NO2S. The van der Waals surface area contributed by atoms with Crippen LogP contribution in [0.15, 0.2) is 0 Å². The van der Waals surface area contributed by atoms with Crippen molar-refractivity contribution in [2.45, 2.75) is 57.1 Å². The maximum absolute atomic E-state index is 11.9. The first-order valence-corrected chi connectivity index (χ1v) is 8.30. The van der Waals surface area contributed by atoms with Crippen LogP contribution < -0.4 is 5.32 Å². The zero-order valence-electron chi connectivity index (χ0n) is 10.4. The largest absolute Gasteiger partial charge is 0.316 e. The second-order valence-corrected chi connectivity index (χ2v) is 7.13. The average Bonchev–Trinajstić information content (AvgIpc) is 2.77. The van der Waals surface area contributed by atoms with Crippen LogP contribution in [-0.4, -0.2) is 32.5 Å². The molecule has 4 heteroatoms. The van der Waals surface area contributed by atoms with Crippen LogP contribution in [0.3, 0.4) is 0 Å². The maximum Gasteiger partial charge on any atom is 0.154 e. The molecule has 0 atom stereocenters. The summed E-state index contributed by atoms with van der Waals surface area (Å²) >= 11 is 0. The van der Waals surface area contributed by atoms with Crippen molar-refractivity contribution in [2.24, 2.45) is 0 Å². The second-order valence-electron chi connectivity index (χ2n) is 4.73. The zero-order valence-corrected chi connectivity index (χ0v) is 11.2. The standard InChI is InChI=1S/C12H25NO2S/c1-2-3-6-9-13-10-11-16(14,15)12-7-4-5-8-12/h12-13H,2-11H2,1H3. The van der Waals surface area contributed by atoms with Crippen molar-refractivity contribution in [3.05, 3.63) is 0 Å². The quantitative estimate of drug-likeness (QED) is 0.668. The van der Waals surface area contributed by atoms with Crippen LogP contribution in [-0.2, 0) is 9.84 Å². The predicted molar refractivity (Wildman–Crippen MR) is 68.4 cm³/mol. The van der Waals surface area contributed by atoms with Gasteiger partial charge in [-0.25, -0.2) is 8.42 Å². The Bertz CT molecular complexity index is 269. The molecule has 0 spiro atoms. The van der Waals surface area contributed by atoms with E-state index >= 15 is 0 Å². The van der Waals surface area contributed by atoms with Crippen LogP contribution in [0.1, 0.15) is 51.9 Å². The fourth-order valence-corrected chi connectivity index (χ4v) is 4.07. The Kier molecular flexibility index (Phi) is 6.36. The third-order valence-electron chi connectivity index (χ3n) is 3.33. The van der Waals surface area contributed by atoms with Crippen LogP contribution in [0.2, 0.25) is 0 Å². The molecule has 0 unspecified atom stereocenters. The highest BCUT2D eigenvalue weighted by atomic mass is 32.2. The highest BCUT2D eigenvalue weighted by Gasteiger charge is 2.27. The molecule has 0 radical (unpaired) electrons. The summed E-state index contributed by atoms with van der Waals surface area (Å²) in [7, 11) is -2.82. The summed E-state index contributed by atoms with van der Waals surface area (Å²) in [6.45, 7) is 3.75. The molecule has 1 fully saturated rings. The van der Waals surface area contributed by atoms with Gasteiger partial charge in [-0.05, 0) is 25.8 Å². The van der Waals surface area contributed by atoms with Gasteiger partial charge in [0.25, 0.3) is 0 Å². The maximum atomic E-state index is 11.9. The monoisotopic (exact) mass is 247 g/mol. The van der Waals surface area contributed by atoms with E-state index in [-0.39, 0.29) is 5.25 Å². The van der Waals surface area contributed by atoms with Crippen molar-refractivity contribution in [3.8, 4) is 0 Å². The molecule has 0 amide bonds. The Morgan fingerprint density at radius 3 is 2.44 bits per heavy atom. The lowest BCUT2D eigenvalue weighted by Gasteiger charge is -2.11. The third kappa shape index (κ3) is 4.83. The van der Waals surface area contributed by atoms with Gasteiger partial charge in [0.15, 0.2) is 9.84 Å². The topological polar surface area (TPSA) is 46.2 Å². The molecule has 1 aliphatic carbocycles. The minimum Gasteiger partial charge on any atom is -0.316 e. The normalized spacial score (nSPS) is 18.1. The SMILES string of the molecule is CCCCCNCCS(=O)(=O)C1CCCC1. The first-order chi connectivity index (χ1) is 7.67. The number of nitrogens with one attached hydrogen (secondary N) is 1. The molecule has 0 aromatic rings. The lowest BCUT2D eigenvalue weighted by Crippen LogP contribution is -2.29. The lowest BCUT2D eigenvalue weighted by molar-refractivity contribution is 0.571. The molecule has 16 heavy (non-hydrogen) atoms. The number of hydrogen-bond donors (Lipinski definition) is 1. The van der Waals surface area contributed by atoms with Crippen molar-refractivity contribution >= 4 is 9.84 Å². The number of unbranched alkanes of at least 4 members (excludes halogenated alkanes) is 2. The van der Waals surface area contributed by atoms with Gasteiger partial charge in [0.2, 0.25) is 0 Å². The molecule has 0 aliphatic heterocycles. The van der Waals surface area contributed by atoms with Gasteiger partial charge < -0.3 is 5.32 Å². The van der Waals surface area contributed by atoms with Gasteiger partial charge in [0.05, 0.1) is 11.0 Å². The van der Waals surface area contributed by atoms with E-state index in [0.717, 1.165) is 38.6 Å². The van der Waals surface area contributed by atoms with Gasteiger partial charge in [0, 0.05) is 6.54 Å². The molecule has 0 saturated heterocycles. The Labute approximate surface area is 99.9 Å². The van der Waals surface area contributed by atoms with E-state index < -0.39 is 9.84 Å². The summed E-state index contributed by atoms with van der Waals surface area (Å²) in [5.41, 5.74) is 0. The molecule has 1 saturated carbocycles. The molecule has 1 aliphatic rings. The highest BCUT2D eigenvalue weighted by molar-refractivity contribution is 7.92. The van der Waals surface area contributed by atoms with E-state index in [9.17, 15) is 8.42 Å². The summed E-state index contributed by atoms with van der Waals surface area (Å²) in [5.74, 6) is 0.323. The van der Waals surface area contributed by atoms with E-state index in [1.54, 1.807) is 0 Å². The van der Waals surface area contributed by atoms with Gasteiger partial charge in [0.1, 0.15) is 0 Å². The number of rotatable bonds is 8. The fourth-order valence-electron chi connectivity index (χ4n) is 2.25. The zero-order chi connectivity index (χ0) is 11.9. The Balaban J connectivity index is 2.11. The van der Waals surface area contributed by atoms with Gasteiger partial charge in [-0.3, -0.25) is 0 Å². The van der Waals surface area contributed by atoms with Crippen LogP contribution in [0, 0.1) is 0 Å². The highest BCUT2D eigenvalue weighted by Crippen LogP contribution is 2.24. The van der Waals surface area contributed by atoms with Gasteiger partial charge >= 0.3 is 0 Å². The Morgan fingerprint density at radius 2 is 1.81 bits per heavy atom. The molecule has 0 heterocycles. The number of sulfone groups is 1. The van der Waals surface area contributed by atoms with E-state index in [1.165, 1.54) is 12.8 Å². The second kappa shape index (κ2) is 7.28. The van der Waals surface area contributed by atoms with Crippen LogP contribution in [0.25, 0.3) is 0 Å². The first-order valence-electron chi connectivity index (χ1n) is 6.59. The van der Waals surface area contributed by atoms with E-state index in [2.05, 4.69) is 12.2 Å². The van der Waals surface area contributed by atoms with Crippen molar-refractivity contribution in [3.63, 3.8) is 0 Å². The first kappa shape index (κ1) is 14.0. The molecule has 96 valence electrons. The molecule has 0 aromatic carbocycles. The summed E-state index contributed by atoms with van der Waals surface area (Å²) in [4.78, 5) is 0. The molecule has 1 rings (SSSR count). The molecule has 0 aromatic heterocycles. The van der Waals surface area contributed by atoms with Crippen LogP contribution in [0.4, 0.5) is 0 Å². The van der Waals surface area contributed by atoms with Crippen molar-refractivity contribution < 1.29 is 8.42 Å². The minimum atomic E-state index is -2.82. The van der Waals surface area contributed by atoms with Gasteiger partial charge in [-0.15, -0.1) is 0 Å². The molecular weight excluding hydrogens is 222 g/mol. The van der Waals surface area contributed by atoms with E-state index in [4.69, 9.17) is 0 Å². The summed E-state index contributed by atoms with van der Waals surface area (Å²) in [6.07, 6.45) is 7.54. The summed E-state index contributed by atoms with van der Waals surface area (Å²) in [6, 6.07) is 0. The molecule has 1 N–H and O–H groups in total. The van der Waals surface area contributed by atoms with E-state index in [1.807, 2.05) is 0 Å². The summed E-state index contributed by atoms with van der Waals surface area (Å²) < 4.78 is 23.8. The Morgan fingerprint density at radius 1 is 1.12 bits per heavy atom. The Hall–Kier alpha value is -0.0900. The predicted octanol–water partition coefficient (Wildman–Crippen LogP) is 2.12. The molecule has 3 nitrogen and oxygen atoms in total.